The van der Waals surface area contributed by atoms with Crippen molar-refractivity contribution in [1.29, 1.82) is 0 Å². The topological polar surface area (TPSA) is 0 Å². The molecule has 0 heterocycles. The van der Waals surface area contributed by atoms with Gasteiger partial charge in [-0.15, -0.1) is 11.1 Å². The summed E-state index contributed by atoms with van der Waals surface area (Å²) in [6.45, 7) is 28.8. The summed E-state index contributed by atoms with van der Waals surface area (Å²) in [7, 11) is -4.04. The predicted molar refractivity (Wildman–Crippen MR) is 280 cm³/mol. The average Bonchev–Trinajstić information content (AvgIpc) is 3.24. The molecule has 0 saturated carbocycles. The molecule has 8 aromatic carbocycles. The van der Waals surface area contributed by atoms with E-state index in [4.69, 9.17) is 0 Å². The maximum atomic E-state index is 4.10. The third-order valence-electron chi connectivity index (χ3n) is 14.6. The second kappa shape index (κ2) is 17.0. The summed E-state index contributed by atoms with van der Waals surface area (Å²) in [4.78, 5) is 0. The van der Waals surface area contributed by atoms with Gasteiger partial charge in [0.15, 0.2) is 0 Å². The van der Waals surface area contributed by atoms with E-state index in [0.717, 1.165) is 43.8 Å². The minimum absolute atomic E-state index is 0.544. The van der Waals surface area contributed by atoms with Crippen molar-refractivity contribution in [2.75, 3.05) is 0 Å². The lowest BCUT2D eigenvalue weighted by Gasteiger charge is -2.38. The Morgan fingerprint density at radius 2 is 0.484 bits per heavy atom. The van der Waals surface area contributed by atoms with E-state index in [1.165, 1.54) is 43.1 Å². The summed E-state index contributed by atoms with van der Waals surface area (Å²) < 4.78 is 0. The lowest BCUT2D eigenvalue weighted by molar-refractivity contribution is 0.838. The molecule has 0 amide bonds. The molecule has 0 nitrogen and oxygen atoms in total. The molecular formula is C60H62Si2. The van der Waals surface area contributed by atoms with Gasteiger partial charge in [0, 0.05) is 22.3 Å². The van der Waals surface area contributed by atoms with Crippen LogP contribution in [0.25, 0.3) is 64.6 Å². The van der Waals surface area contributed by atoms with Crippen molar-refractivity contribution < 1.29 is 0 Å². The molecule has 310 valence electrons. The number of rotatable bonds is 6. The van der Waals surface area contributed by atoms with Crippen LogP contribution in [-0.2, 0) is 0 Å². The first-order valence-corrected chi connectivity index (χ1v) is 27.5. The number of hydrogen-bond acceptors (Lipinski definition) is 0. The van der Waals surface area contributed by atoms with Crippen LogP contribution < -0.4 is 0 Å². The Morgan fingerprint density at radius 1 is 0.274 bits per heavy atom. The van der Waals surface area contributed by atoms with Gasteiger partial charge in [0.05, 0.1) is 0 Å². The van der Waals surface area contributed by atoms with Gasteiger partial charge in [-0.25, -0.2) is 0 Å². The van der Waals surface area contributed by atoms with Crippen LogP contribution in [0.3, 0.4) is 0 Å². The summed E-state index contributed by atoms with van der Waals surface area (Å²) in [5, 5.41) is 14.2. The summed E-state index contributed by atoms with van der Waals surface area (Å²) >= 11 is 0. The van der Waals surface area contributed by atoms with Crippen LogP contribution in [0.2, 0.25) is 33.2 Å². The Bertz CT molecular complexity index is 2970. The molecule has 0 bridgehead atoms. The molecule has 0 fully saturated rings. The minimum atomic E-state index is -2.02. The van der Waals surface area contributed by atoms with Gasteiger partial charge in [-0.05, 0) is 122 Å². The highest BCUT2D eigenvalue weighted by atomic mass is 28.3. The zero-order valence-electron chi connectivity index (χ0n) is 39.0. The summed E-state index contributed by atoms with van der Waals surface area (Å²) in [6, 6.07) is 44.6. The summed E-state index contributed by atoms with van der Waals surface area (Å²) in [5.41, 5.74) is 15.8. The molecular weight excluding hydrogens is 777 g/mol. The first kappa shape index (κ1) is 43.1. The molecule has 0 N–H and O–H groups in total. The van der Waals surface area contributed by atoms with Crippen molar-refractivity contribution in [3.63, 3.8) is 0 Å². The van der Waals surface area contributed by atoms with Gasteiger partial charge in [0.1, 0.15) is 16.1 Å². The second-order valence-corrected chi connectivity index (χ2v) is 30.8. The quantitative estimate of drug-likeness (QED) is 0.0889. The van der Waals surface area contributed by atoms with Gasteiger partial charge in [0.25, 0.3) is 0 Å². The summed E-state index contributed by atoms with van der Waals surface area (Å²) in [5.74, 6) is 15.7. The van der Waals surface area contributed by atoms with Gasteiger partial charge >= 0.3 is 0 Å². The van der Waals surface area contributed by atoms with Crippen LogP contribution in [0.4, 0.5) is 0 Å². The molecule has 0 aromatic heterocycles. The number of fused-ring (bicyclic) bond motifs is 6. The van der Waals surface area contributed by atoms with E-state index in [-0.39, 0.29) is 0 Å². The van der Waals surface area contributed by atoms with Crippen LogP contribution in [0, 0.1) is 34.8 Å². The van der Waals surface area contributed by atoms with Crippen LogP contribution in [-0.4, -0.2) is 16.1 Å². The van der Waals surface area contributed by atoms with Crippen LogP contribution in [0.1, 0.15) is 105 Å². The SMILES string of the molecule is CC(C)[Si](C#Cc1c2ccccc2c(C#Cc2c3ccccc3c(C#C[Si](C(C)C)(C(C)C)C(C)C)c3cc4ccccc4cc23)c2cc3ccccc3cc12)(C(C)C)C(C)C. The van der Waals surface area contributed by atoms with Crippen LogP contribution >= 0.6 is 0 Å². The zero-order valence-corrected chi connectivity index (χ0v) is 41.0. The fraction of sp³-hybridized carbons (Fsp3) is 0.300. The fourth-order valence-electron chi connectivity index (χ4n) is 11.6. The summed E-state index contributed by atoms with van der Waals surface area (Å²) in [6.07, 6.45) is 0. The van der Waals surface area contributed by atoms with Gasteiger partial charge in [-0.2, -0.15) is 0 Å². The van der Waals surface area contributed by atoms with Gasteiger partial charge < -0.3 is 0 Å². The van der Waals surface area contributed by atoms with Crippen LogP contribution in [0.15, 0.2) is 121 Å². The molecule has 8 aromatic rings. The Labute approximate surface area is 373 Å². The largest absolute Gasteiger partial charge is 0.146 e. The normalized spacial score (nSPS) is 12.4. The molecule has 0 aliphatic rings. The molecule has 0 saturated heterocycles. The zero-order chi connectivity index (χ0) is 44.1. The molecule has 0 unspecified atom stereocenters. The Kier molecular flexibility index (Phi) is 11.8. The molecule has 0 atom stereocenters. The maximum Gasteiger partial charge on any atom is 0.146 e. The highest BCUT2D eigenvalue weighted by Crippen LogP contribution is 2.44. The van der Waals surface area contributed by atoms with Crippen molar-refractivity contribution in [3.8, 4) is 34.8 Å². The molecule has 2 heteroatoms. The smallest absolute Gasteiger partial charge is 0.125 e. The molecule has 0 aliphatic carbocycles. The minimum Gasteiger partial charge on any atom is -0.125 e. The van der Waals surface area contributed by atoms with Crippen molar-refractivity contribution in [3.05, 3.63) is 144 Å². The highest BCUT2D eigenvalue weighted by molar-refractivity contribution is 6.91. The van der Waals surface area contributed by atoms with Crippen molar-refractivity contribution in [1.82, 2.24) is 0 Å². The van der Waals surface area contributed by atoms with E-state index < -0.39 is 16.1 Å². The fourth-order valence-corrected chi connectivity index (χ4v) is 22.0. The lowest BCUT2D eigenvalue weighted by Crippen LogP contribution is -2.43. The van der Waals surface area contributed by atoms with Crippen LogP contribution in [0.5, 0.6) is 0 Å². The predicted octanol–water partition coefficient (Wildman–Crippen LogP) is 17.1. The highest BCUT2D eigenvalue weighted by Gasteiger charge is 2.43. The van der Waals surface area contributed by atoms with E-state index in [1.807, 2.05) is 0 Å². The van der Waals surface area contributed by atoms with Gasteiger partial charge in [-0.3, -0.25) is 0 Å². The average molecular weight is 839 g/mol. The monoisotopic (exact) mass is 838 g/mol. The number of hydrogen-bond donors (Lipinski definition) is 0. The van der Waals surface area contributed by atoms with Crippen molar-refractivity contribution in [2.24, 2.45) is 0 Å². The van der Waals surface area contributed by atoms with Gasteiger partial charge in [-0.1, -0.05) is 204 Å². The third kappa shape index (κ3) is 7.15. The molecule has 8 rings (SSSR count). The standard InChI is InChI=1S/C60H62Si2/c1-39(2)61(40(3)4,41(5)6)33-31-55-51-27-19-17-25-49(51)53(57-35-45-21-13-15-23-47(45)37-59(55)57)29-30-54-50-26-18-20-28-52(50)56(32-34-62(42(7)8,43(9)10)44(11)12)60-38-48-24-16-14-22-46(48)36-58(54)60/h13-28,35-44H,1-12H3. The molecule has 62 heavy (non-hydrogen) atoms. The Balaban J connectivity index is 1.48. The van der Waals surface area contributed by atoms with E-state index in [9.17, 15) is 0 Å². The third-order valence-corrected chi connectivity index (χ3v) is 27.2. The number of benzene rings is 8. The van der Waals surface area contributed by atoms with E-state index in [1.54, 1.807) is 0 Å². The first-order valence-electron chi connectivity index (χ1n) is 23.0. The second-order valence-electron chi connectivity index (χ2n) is 19.6. The Hall–Kier alpha value is -5.57. The van der Waals surface area contributed by atoms with Crippen molar-refractivity contribution in [2.45, 2.75) is 116 Å². The molecule has 0 aliphatic heterocycles. The van der Waals surface area contributed by atoms with E-state index in [0.29, 0.717) is 33.2 Å². The first-order chi connectivity index (χ1) is 29.7. The maximum absolute atomic E-state index is 4.10. The van der Waals surface area contributed by atoms with Crippen molar-refractivity contribution >= 4 is 80.8 Å². The molecule has 0 spiro atoms. The van der Waals surface area contributed by atoms with E-state index >= 15 is 0 Å². The van der Waals surface area contributed by atoms with E-state index in [2.05, 4.69) is 239 Å². The Morgan fingerprint density at radius 3 is 0.710 bits per heavy atom. The molecule has 0 radical (unpaired) electrons. The van der Waals surface area contributed by atoms with Gasteiger partial charge in [0.2, 0.25) is 0 Å². The lowest BCUT2D eigenvalue weighted by atomic mass is 9.89.